The Kier molecular flexibility index (Phi) is 4.81. The average Bonchev–Trinajstić information content (AvgIpc) is 3.37. The Morgan fingerprint density at radius 2 is 2.03 bits per heavy atom. The fourth-order valence-corrected chi connectivity index (χ4v) is 4.28. The number of rotatable bonds is 5. The number of hydrogen-bond acceptors (Lipinski definition) is 8. The molecule has 1 aliphatic carbocycles. The first kappa shape index (κ1) is 19.8. The van der Waals surface area contributed by atoms with Crippen molar-refractivity contribution in [3.63, 3.8) is 0 Å². The second-order valence-electron chi connectivity index (χ2n) is 8.34. The maximum atomic E-state index is 12.7. The molecule has 0 bridgehead atoms. The zero-order valence-corrected chi connectivity index (χ0v) is 17.8. The van der Waals surface area contributed by atoms with Crippen molar-refractivity contribution in [3.05, 3.63) is 24.5 Å². The third kappa shape index (κ3) is 3.40. The summed E-state index contributed by atoms with van der Waals surface area (Å²) in [4.78, 5) is 36.7. The summed E-state index contributed by atoms with van der Waals surface area (Å²) in [5, 5.41) is 0. The number of hydrogen-bond donors (Lipinski definition) is 1. The minimum Gasteiger partial charge on any atom is -0.471 e. The first-order chi connectivity index (χ1) is 15.0. The third-order valence-electron chi connectivity index (χ3n) is 6.24. The van der Waals surface area contributed by atoms with E-state index >= 15 is 0 Å². The molecule has 5 rings (SSSR count). The Balaban J connectivity index is 1.41. The van der Waals surface area contributed by atoms with Crippen LogP contribution >= 0.6 is 0 Å². The van der Waals surface area contributed by atoms with Crippen molar-refractivity contribution in [2.45, 2.75) is 57.7 Å². The molecule has 10 heteroatoms. The summed E-state index contributed by atoms with van der Waals surface area (Å²) in [7, 11) is 0. The van der Waals surface area contributed by atoms with E-state index in [0.717, 1.165) is 37.1 Å². The van der Waals surface area contributed by atoms with Crippen molar-refractivity contribution in [2.75, 3.05) is 13.1 Å². The molecule has 2 fully saturated rings. The third-order valence-corrected chi connectivity index (χ3v) is 6.24. The van der Waals surface area contributed by atoms with Gasteiger partial charge in [0.15, 0.2) is 11.2 Å². The molecule has 1 saturated heterocycles. The van der Waals surface area contributed by atoms with Crippen LogP contribution < -0.4 is 10.5 Å². The highest BCUT2D eigenvalue weighted by atomic mass is 16.5. The number of aryl methyl sites for hydroxylation is 2. The lowest BCUT2D eigenvalue weighted by Crippen LogP contribution is -2.59. The van der Waals surface area contributed by atoms with E-state index in [1.165, 1.54) is 6.33 Å². The van der Waals surface area contributed by atoms with Gasteiger partial charge < -0.3 is 19.9 Å². The lowest BCUT2D eigenvalue weighted by molar-refractivity contribution is -0.139. The quantitative estimate of drug-likeness (QED) is 0.655. The molecule has 1 aliphatic heterocycles. The minimum absolute atomic E-state index is 0.0367. The Morgan fingerprint density at radius 1 is 1.26 bits per heavy atom. The number of ether oxygens (including phenoxy) is 1. The molecule has 2 aliphatic rings. The van der Waals surface area contributed by atoms with Crippen LogP contribution in [0.1, 0.15) is 38.4 Å². The van der Waals surface area contributed by atoms with Gasteiger partial charge in [-0.1, -0.05) is 0 Å². The summed E-state index contributed by atoms with van der Waals surface area (Å²) in [5.41, 5.74) is 7.65. The van der Waals surface area contributed by atoms with E-state index in [2.05, 4.69) is 19.9 Å². The van der Waals surface area contributed by atoms with E-state index < -0.39 is 5.54 Å². The monoisotopic (exact) mass is 422 g/mol. The topological polar surface area (TPSA) is 125 Å². The van der Waals surface area contributed by atoms with Gasteiger partial charge in [0.25, 0.3) is 0 Å². The molecule has 1 saturated carbocycles. The number of imidazole rings is 1. The molecule has 1 atom stereocenters. The number of likely N-dealkylation sites (tertiary alicyclic amines) is 1. The minimum atomic E-state index is -0.679. The number of fused-ring (bicyclic) bond motifs is 1. The predicted octanol–water partition coefficient (Wildman–Crippen LogP) is 1.47. The molecule has 31 heavy (non-hydrogen) atoms. The van der Waals surface area contributed by atoms with Crippen LogP contribution in [0.2, 0.25) is 0 Å². The molecule has 0 radical (unpaired) electrons. The van der Waals surface area contributed by atoms with Crippen LogP contribution in [0.15, 0.2) is 18.7 Å². The maximum Gasteiger partial charge on any atom is 0.245 e. The van der Waals surface area contributed by atoms with Gasteiger partial charge in [0, 0.05) is 31.9 Å². The van der Waals surface area contributed by atoms with E-state index in [9.17, 15) is 4.79 Å². The van der Waals surface area contributed by atoms with Gasteiger partial charge in [-0.2, -0.15) is 4.98 Å². The van der Waals surface area contributed by atoms with Gasteiger partial charge in [-0.25, -0.2) is 19.9 Å². The van der Waals surface area contributed by atoms with Crippen LogP contribution in [0.25, 0.3) is 22.6 Å². The highest BCUT2D eigenvalue weighted by Gasteiger charge is 2.44. The lowest BCUT2D eigenvalue weighted by Gasteiger charge is -2.39. The molecule has 1 unspecified atom stereocenters. The number of carbonyl (C=O) groups excluding carboxylic acids is 1. The van der Waals surface area contributed by atoms with E-state index in [0.29, 0.717) is 42.5 Å². The summed E-state index contributed by atoms with van der Waals surface area (Å²) >= 11 is 0. The molecule has 0 aromatic carbocycles. The highest BCUT2D eigenvalue weighted by Crippen LogP contribution is 2.33. The van der Waals surface area contributed by atoms with Gasteiger partial charge in [0.1, 0.15) is 24.1 Å². The van der Waals surface area contributed by atoms with Crippen LogP contribution in [0.3, 0.4) is 0 Å². The summed E-state index contributed by atoms with van der Waals surface area (Å²) in [6.45, 7) is 5.71. The van der Waals surface area contributed by atoms with Crippen LogP contribution in [0, 0.1) is 6.92 Å². The van der Waals surface area contributed by atoms with Gasteiger partial charge in [-0.15, -0.1) is 0 Å². The first-order valence-corrected chi connectivity index (χ1v) is 10.7. The molecule has 162 valence electrons. The average molecular weight is 422 g/mol. The molecule has 3 aromatic rings. The molecular formula is C21H26N8O2. The van der Waals surface area contributed by atoms with Crippen LogP contribution in [-0.4, -0.2) is 65.0 Å². The predicted molar refractivity (Wildman–Crippen MR) is 113 cm³/mol. The Labute approximate surface area is 179 Å². The zero-order valence-electron chi connectivity index (χ0n) is 17.8. The first-order valence-electron chi connectivity index (χ1n) is 10.7. The molecule has 0 spiro atoms. The molecule has 3 aromatic heterocycles. The van der Waals surface area contributed by atoms with Gasteiger partial charge in [0.2, 0.25) is 11.8 Å². The Bertz CT molecular complexity index is 1120. The van der Waals surface area contributed by atoms with Crippen molar-refractivity contribution < 1.29 is 9.53 Å². The van der Waals surface area contributed by atoms with Crippen LogP contribution in [0.4, 0.5) is 0 Å². The Morgan fingerprint density at radius 3 is 2.71 bits per heavy atom. The van der Waals surface area contributed by atoms with Crippen molar-refractivity contribution >= 4 is 17.1 Å². The number of amides is 1. The van der Waals surface area contributed by atoms with Crippen molar-refractivity contribution in [1.29, 1.82) is 0 Å². The standard InChI is InChI=1S/C21H26N8O2/c1-3-29-17(14-9-23-13(2)24-10-14)27-16-18(29)25-12-26-19(16)31-15-5-8-28(11-15)20(30)21(22)6-4-7-21/h9-10,12,15H,3-8,11,22H2,1-2H3. The van der Waals surface area contributed by atoms with E-state index in [4.69, 9.17) is 15.5 Å². The van der Waals surface area contributed by atoms with Crippen molar-refractivity contribution in [1.82, 2.24) is 34.4 Å². The summed E-state index contributed by atoms with van der Waals surface area (Å²) in [6, 6.07) is 0. The SMILES string of the molecule is CCn1c(-c2cnc(C)nc2)nc2c(OC3CCN(C(=O)C4(N)CCC4)C3)ncnc21. The highest BCUT2D eigenvalue weighted by molar-refractivity contribution is 5.87. The van der Waals surface area contributed by atoms with E-state index in [1.54, 1.807) is 12.4 Å². The van der Waals surface area contributed by atoms with Gasteiger partial charge in [0.05, 0.1) is 17.6 Å². The fourth-order valence-electron chi connectivity index (χ4n) is 4.28. The molecular weight excluding hydrogens is 396 g/mol. The maximum absolute atomic E-state index is 12.7. The number of aromatic nitrogens is 6. The summed E-state index contributed by atoms with van der Waals surface area (Å²) in [5.74, 6) is 1.89. The summed E-state index contributed by atoms with van der Waals surface area (Å²) in [6.07, 6.45) is 8.14. The molecule has 1 amide bonds. The number of nitrogens with two attached hydrogens (primary N) is 1. The van der Waals surface area contributed by atoms with Crippen molar-refractivity contribution in [3.8, 4) is 17.3 Å². The number of nitrogens with zero attached hydrogens (tertiary/aromatic N) is 7. The lowest BCUT2D eigenvalue weighted by atomic mass is 9.76. The molecule has 4 heterocycles. The van der Waals surface area contributed by atoms with Crippen LogP contribution in [0.5, 0.6) is 5.88 Å². The smallest absolute Gasteiger partial charge is 0.245 e. The summed E-state index contributed by atoms with van der Waals surface area (Å²) < 4.78 is 8.21. The zero-order chi connectivity index (χ0) is 21.6. The van der Waals surface area contributed by atoms with Gasteiger partial charge >= 0.3 is 0 Å². The normalized spacial score (nSPS) is 20.1. The van der Waals surface area contributed by atoms with Crippen LogP contribution in [-0.2, 0) is 11.3 Å². The van der Waals surface area contributed by atoms with Gasteiger partial charge in [-0.05, 0) is 33.1 Å². The second kappa shape index (κ2) is 7.52. The van der Waals surface area contributed by atoms with Crippen molar-refractivity contribution in [2.24, 2.45) is 5.73 Å². The van der Waals surface area contributed by atoms with Gasteiger partial charge in [-0.3, -0.25) is 4.79 Å². The fraction of sp³-hybridized carbons (Fsp3) is 0.524. The number of carbonyl (C=O) groups is 1. The largest absolute Gasteiger partial charge is 0.471 e. The van der Waals surface area contributed by atoms with E-state index in [-0.39, 0.29) is 12.0 Å². The van der Waals surface area contributed by atoms with E-state index in [1.807, 2.05) is 23.3 Å². The Hall–Kier alpha value is -3.14. The second-order valence-corrected chi connectivity index (χ2v) is 8.34. The molecule has 10 nitrogen and oxygen atoms in total. The molecule has 2 N–H and O–H groups in total.